The molecule has 0 unspecified atom stereocenters. The van der Waals surface area contributed by atoms with Crippen LogP contribution in [0.15, 0.2) is 12.2 Å². The maximum atomic E-state index is 11.7. The third kappa shape index (κ3) is 6.65. The molecule has 0 aromatic heterocycles. The van der Waals surface area contributed by atoms with Gasteiger partial charge in [0, 0.05) is 38.0 Å². The van der Waals surface area contributed by atoms with Gasteiger partial charge in [-0.25, -0.2) is 0 Å². The summed E-state index contributed by atoms with van der Waals surface area (Å²) < 4.78 is 5.15. The highest BCUT2D eigenvalue weighted by Crippen LogP contribution is 2.11. The van der Waals surface area contributed by atoms with E-state index in [1.807, 2.05) is 0 Å². The molecule has 0 radical (unpaired) electrons. The van der Waals surface area contributed by atoms with Crippen molar-refractivity contribution >= 4 is 23.6 Å². The van der Waals surface area contributed by atoms with E-state index >= 15 is 0 Å². The third-order valence-electron chi connectivity index (χ3n) is 2.99. The van der Waals surface area contributed by atoms with Crippen molar-refractivity contribution in [3.63, 3.8) is 0 Å². The first kappa shape index (κ1) is 18.1. The minimum absolute atomic E-state index is 0.0237. The van der Waals surface area contributed by atoms with Crippen molar-refractivity contribution in [2.45, 2.75) is 58.5 Å². The monoisotopic (exact) mass is 309 g/mol. The molecule has 0 atom stereocenters. The number of carbonyl (C=O) groups is 4. The van der Waals surface area contributed by atoms with Gasteiger partial charge in [0.15, 0.2) is 0 Å². The molecule has 1 aliphatic rings. The summed E-state index contributed by atoms with van der Waals surface area (Å²) in [6.07, 6.45) is 4.18. The van der Waals surface area contributed by atoms with Gasteiger partial charge in [0.25, 0.3) is 11.8 Å². The number of hydrogen-bond acceptors (Lipinski definition) is 5. The van der Waals surface area contributed by atoms with Gasteiger partial charge < -0.3 is 4.74 Å². The lowest BCUT2D eigenvalue weighted by molar-refractivity contribution is -0.155. The molecule has 0 N–H and O–H groups in total. The van der Waals surface area contributed by atoms with Crippen molar-refractivity contribution < 1.29 is 23.9 Å². The lowest BCUT2D eigenvalue weighted by Gasteiger charge is -2.19. The first-order valence-electron chi connectivity index (χ1n) is 7.46. The third-order valence-corrected chi connectivity index (χ3v) is 2.99. The van der Waals surface area contributed by atoms with Crippen LogP contribution in [0.25, 0.3) is 0 Å². The van der Waals surface area contributed by atoms with Gasteiger partial charge in [0.2, 0.25) is 0 Å². The molecule has 1 heterocycles. The summed E-state index contributed by atoms with van der Waals surface area (Å²) >= 11 is 0. The highest BCUT2D eigenvalue weighted by molar-refractivity contribution is 6.12. The van der Waals surface area contributed by atoms with Gasteiger partial charge in [0.05, 0.1) is 0 Å². The van der Waals surface area contributed by atoms with Crippen LogP contribution in [0.4, 0.5) is 0 Å². The van der Waals surface area contributed by atoms with Gasteiger partial charge in [0.1, 0.15) is 11.4 Å². The average Bonchev–Trinajstić information content (AvgIpc) is 2.68. The fourth-order valence-corrected chi connectivity index (χ4v) is 2.03. The smallest absolute Gasteiger partial charge is 0.306 e. The highest BCUT2D eigenvalue weighted by atomic mass is 16.6. The van der Waals surface area contributed by atoms with Gasteiger partial charge >= 0.3 is 5.97 Å². The van der Waals surface area contributed by atoms with Crippen molar-refractivity contribution in [2.75, 3.05) is 6.54 Å². The van der Waals surface area contributed by atoms with Crippen LogP contribution in [0.2, 0.25) is 0 Å². The summed E-state index contributed by atoms with van der Waals surface area (Å²) in [6, 6.07) is 0. The number of hydrogen-bond donors (Lipinski definition) is 0. The number of rotatable bonds is 8. The van der Waals surface area contributed by atoms with E-state index in [-0.39, 0.29) is 36.5 Å². The molecule has 0 saturated carbocycles. The van der Waals surface area contributed by atoms with Crippen LogP contribution < -0.4 is 0 Å². The number of carbonyl (C=O) groups excluding carboxylic acids is 4. The van der Waals surface area contributed by atoms with Gasteiger partial charge in [-0.15, -0.1) is 0 Å². The Morgan fingerprint density at radius 3 is 2.09 bits per heavy atom. The number of nitrogens with zero attached hydrogens (tertiary/aromatic N) is 1. The van der Waals surface area contributed by atoms with Crippen molar-refractivity contribution in [1.82, 2.24) is 4.90 Å². The predicted octanol–water partition coefficient (Wildman–Crippen LogP) is 1.77. The normalized spacial score (nSPS) is 14.6. The van der Waals surface area contributed by atoms with E-state index in [1.165, 1.54) is 12.2 Å². The van der Waals surface area contributed by atoms with Gasteiger partial charge in [-0.2, -0.15) is 0 Å². The number of esters is 1. The lowest BCUT2D eigenvalue weighted by Crippen LogP contribution is -2.31. The molecule has 0 saturated heterocycles. The molecule has 0 spiro atoms. The van der Waals surface area contributed by atoms with Gasteiger partial charge in [-0.1, -0.05) is 0 Å². The zero-order chi connectivity index (χ0) is 16.8. The molecule has 122 valence electrons. The van der Waals surface area contributed by atoms with Crippen LogP contribution in [0.3, 0.4) is 0 Å². The minimum atomic E-state index is -0.510. The molecular weight excluding hydrogens is 286 g/mol. The summed E-state index contributed by atoms with van der Waals surface area (Å²) in [5.41, 5.74) is -0.510. The molecule has 2 amide bonds. The number of ether oxygens (including phenoxy) is 1. The van der Waals surface area contributed by atoms with E-state index in [4.69, 9.17) is 4.74 Å². The SMILES string of the molecule is CC(C)(C)OC(=O)CCCC(=O)CCCN1C(=O)C=CC1=O. The molecule has 6 nitrogen and oxygen atoms in total. The van der Waals surface area contributed by atoms with Crippen molar-refractivity contribution in [3.05, 3.63) is 12.2 Å². The standard InChI is InChI=1S/C16H23NO5/c1-16(2,3)22-15(21)8-4-6-12(18)7-5-11-17-13(19)9-10-14(17)20/h9-10H,4-8,11H2,1-3H3. The van der Waals surface area contributed by atoms with E-state index in [9.17, 15) is 19.2 Å². The summed E-state index contributed by atoms with van der Waals surface area (Å²) in [7, 11) is 0. The molecule has 6 heteroatoms. The van der Waals surface area contributed by atoms with E-state index in [1.54, 1.807) is 20.8 Å². The zero-order valence-electron chi connectivity index (χ0n) is 13.4. The largest absolute Gasteiger partial charge is 0.460 e. The number of imide groups is 1. The Kier molecular flexibility index (Phi) is 6.46. The van der Waals surface area contributed by atoms with Crippen molar-refractivity contribution in [3.8, 4) is 0 Å². The van der Waals surface area contributed by atoms with E-state index in [0.29, 0.717) is 25.7 Å². The first-order valence-corrected chi connectivity index (χ1v) is 7.46. The Morgan fingerprint density at radius 2 is 1.55 bits per heavy atom. The molecule has 22 heavy (non-hydrogen) atoms. The Balaban J connectivity index is 2.13. The van der Waals surface area contributed by atoms with Gasteiger partial charge in [-0.3, -0.25) is 24.1 Å². The molecule has 1 rings (SSSR count). The molecule has 0 aromatic rings. The Labute approximate surface area is 130 Å². The van der Waals surface area contributed by atoms with Crippen LogP contribution >= 0.6 is 0 Å². The topological polar surface area (TPSA) is 80.8 Å². The van der Waals surface area contributed by atoms with Crippen LogP contribution in [0.1, 0.15) is 52.9 Å². The lowest BCUT2D eigenvalue weighted by atomic mass is 10.1. The number of ketones is 1. The second-order valence-corrected chi connectivity index (χ2v) is 6.24. The summed E-state index contributed by atoms with van der Waals surface area (Å²) in [4.78, 5) is 46.9. The van der Waals surface area contributed by atoms with E-state index in [2.05, 4.69) is 0 Å². The summed E-state index contributed by atoms with van der Waals surface area (Å²) in [5, 5.41) is 0. The van der Waals surface area contributed by atoms with Crippen LogP contribution in [-0.4, -0.2) is 40.6 Å². The molecule has 1 aliphatic heterocycles. The maximum Gasteiger partial charge on any atom is 0.306 e. The molecule has 0 aromatic carbocycles. The van der Waals surface area contributed by atoms with Crippen LogP contribution in [0.5, 0.6) is 0 Å². The van der Waals surface area contributed by atoms with Crippen LogP contribution in [-0.2, 0) is 23.9 Å². The second kappa shape index (κ2) is 7.87. The zero-order valence-corrected chi connectivity index (χ0v) is 13.4. The average molecular weight is 309 g/mol. The fraction of sp³-hybridized carbons (Fsp3) is 0.625. The minimum Gasteiger partial charge on any atom is -0.460 e. The second-order valence-electron chi connectivity index (χ2n) is 6.24. The molecular formula is C16H23NO5. The number of Topliss-reactive ketones (excluding diaryl/α,β-unsaturated/α-hetero) is 1. The van der Waals surface area contributed by atoms with E-state index in [0.717, 1.165) is 4.90 Å². The Bertz CT molecular complexity index is 469. The summed E-state index contributed by atoms with van der Waals surface area (Å²) in [5.74, 6) is -0.944. The fourth-order valence-electron chi connectivity index (χ4n) is 2.03. The van der Waals surface area contributed by atoms with Crippen molar-refractivity contribution in [2.24, 2.45) is 0 Å². The maximum absolute atomic E-state index is 11.7. The molecule has 0 fully saturated rings. The van der Waals surface area contributed by atoms with Crippen molar-refractivity contribution in [1.29, 1.82) is 0 Å². The first-order chi connectivity index (χ1) is 10.2. The molecule has 0 bridgehead atoms. The van der Waals surface area contributed by atoms with E-state index < -0.39 is 5.60 Å². The highest BCUT2D eigenvalue weighted by Gasteiger charge is 2.22. The predicted molar refractivity (Wildman–Crippen MR) is 79.8 cm³/mol. The van der Waals surface area contributed by atoms with Crippen LogP contribution in [0, 0.1) is 0 Å². The quantitative estimate of drug-likeness (QED) is 0.504. The van der Waals surface area contributed by atoms with Gasteiger partial charge in [-0.05, 0) is 33.6 Å². The Hall–Kier alpha value is -1.98. The molecule has 0 aliphatic carbocycles. The number of amides is 2. The Morgan fingerprint density at radius 1 is 1.00 bits per heavy atom. The summed E-state index contributed by atoms with van der Waals surface area (Å²) in [6.45, 7) is 5.64.